The summed E-state index contributed by atoms with van der Waals surface area (Å²) < 4.78 is 23.3. The second-order valence-electron chi connectivity index (χ2n) is 8.98. The monoisotopic (exact) mass is 389 g/mol. The average Bonchev–Trinajstić information content (AvgIpc) is 2.63. The SMILES string of the molecule is C[C@H](NC(=O)COC(=O)COc1cccc(F)c1)C12CC3CC(CC(C3)C1)C2. The zero-order valence-corrected chi connectivity index (χ0v) is 16.3. The molecule has 1 amide bonds. The number of rotatable bonds is 7. The zero-order valence-electron chi connectivity index (χ0n) is 16.3. The topological polar surface area (TPSA) is 64.6 Å². The van der Waals surface area contributed by atoms with Gasteiger partial charge in [0.15, 0.2) is 13.2 Å². The van der Waals surface area contributed by atoms with Crippen LogP contribution in [0.25, 0.3) is 0 Å². The Morgan fingerprint density at radius 2 is 1.79 bits per heavy atom. The first-order chi connectivity index (χ1) is 13.4. The Hall–Kier alpha value is -2.11. The number of hydrogen-bond acceptors (Lipinski definition) is 4. The number of nitrogens with one attached hydrogen (secondary N) is 1. The molecule has 4 saturated carbocycles. The van der Waals surface area contributed by atoms with Gasteiger partial charge in [-0.1, -0.05) is 6.07 Å². The Bertz CT molecular complexity index is 715. The highest BCUT2D eigenvalue weighted by Crippen LogP contribution is 2.61. The van der Waals surface area contributed by atoms with Gasteiger partial charge < -0.3 is 14.8 Å². The van der Waals surface area contributed by atoms with Gasteiger partial charge in [0.05, 0.1) is 0 Å². The predicted molar refractivity (Wildman–Crippen MR) is 101 cm³/mol. The molecular weight excluding hydrogens is 361 g/mol. The summed E-state index contributed by atoms with van der Waals surface area (Å²) in [7, 11) is 0. The summed E-state index contributed by atoms with van der Waals surface area (Å²) >= 11 is 0. The third-order valence-electron chi connectivity index (χ3n) is 6.90. The molecule has 5 rings (SSSR count). The van der Waals surface area contributed by atoms with Crippen LogP contribution in [0.4, 0.5) is 4.39 Å². The number of ether oxygens (including phenoxy) is 2. The van der Waals surface area contributed by atoms with Crippen molar-refractivity contribution in [3.8, 4) is 5.75 Å². The summed E-state index contributed by atoms with van der Waals surface area (Å²) in [6, 6.07) is 5.62. The highest BCUT2D eigenvalue weighted by molar-refractivity contribution is 5.81. The summed E-state index contributed by atoms with van der Waals surface area (Å²) in [5.41, 5.74) is 0.217. The minimum absolute atomic E-state index is 0.0932. The molecule has 4 aliphatic rings. The minimum Gasteiger partial charge on any atom is -0.482 e. The molecule has 0 heterocycles. The number of carbonyl (C=O) groups excluding carboxylic acids is 2. The quantitative estimate of drug-likeness (QED) is 0.726. The highest BCUT2D eigenvalue weighted by Gasteiger charge is 2.53. The summed E-state index contributed by atoms with van der Waals surface area (Å²) in [4.78, 5) is 24.1. The van der Waals surface area contributed by atoms with E-state index in [1.807, 2.05) is 0 Å². The van der Waals surface area contributed by atoms with E-state index < -0.39 is 11.8 Å². The molecule has 4 aliphatic carbocycles. The number of halogens is 1. The largest absolute Gasteiger partial charge is 0.482 e. The van der Waals surface area contributed by atoms with Crippen molar-refractivity contribution in [1.82, 2.24) is 5.32 Å². The van der Waals surface area contributed by atoms with Gasteiger partial charge in [0.25, 0.3) is 5.91 Å². The first-order valence-electron chi connectivity index (χ1n) is 10.3. The fourth-order valence-corrected chi connectivity index (χ4v) is 6.03. The van der Waals surface area contributed by atoms with Crippen LogP contribution in [-0.2, 0) is 14.3 Å². The lowest BCUT2D eigenvalue weighted by Crippen LogP contribution is -2.56. The normalized spacial score (nSPS) is 31.3. The van der Waals surface area contributed by atoms with Crippen molar-refractivity contribution in [3.63, 3.8) is 0 Å². The molecule has 1 atom stereocenters. The molecule has 5 nitrogen and oxygen atoms in total. The first-order valence-corrected chi connectivity index (χ1v) is 10.3. The Morgan fingerprint density at radius 3 is 2.39 bits per heavy atom. The maximum Gasteiger partial charge on any atom is 0.344 e. The summed E-state index contributed by atoms with van der Waals surface area (Å²) in [6.07, 6.45) is 7.72. The molecule has 28 heavy (non-hydrogen) atoms. The molecule has 0 aromatic heterocycles. The van der Waals surface area contributed by atoms with Crippen molar-refractivity contribution in [2.75, 3.05) is 13.2 Å². The Morgan fingerprint density at radius 1 is 1.14 bits per heavy atom. The van der Waals surface area contributed by atoms with E-state index in [0.29, 0.717) is 0 Å². The van der Waals surface area contributed by atoms with E-state index in [0.717, 1.165) is 17.8 Å². The van der Waals surface area contributed by atoms with Crippen LogP contribution < -0.4 is 10.1 Å². The maximum atomic E-state index is 13.1. The van der Waals surface area contributed by atoms with E-state index in [-0.39, 0.29) is 36.3 Å². The Kier molecular flexibility index (Phi) is 5.30. The van der Waals surface area contributed by atoms with Gasteiger partial charge in [-0.15, -0.1) is 0 Å². The molecule has 1 N–H and O–H groups in total. The van der Waals surface area contributed by atoms with E-state index in [1.165, 1.54) is 56.7 Å². The molecular formula is C22H28FNO4. The van der Waals surface area contributed by atoms with Crippen molar-refractivity contribution in [3.05, 3.63) is 30.1 Å². The lowest BCUT2D eigenvalue weighted by molar-refractivity contribution is -0.151. The van der Waals surface area contributed by atoms with E-state index >= 15 is 0 Å². The Labute approximate surface area is 165 Å². The van der Waals surface area contributed by atoms with Crippen LogP contribution in [0.1, 0.15) is 45.4 Å². The third-order valence-corrected chi connectivity index (χ3v) is 6.90. The van der Waals surface area contributed by atoms with Gasteiger partial charge in [-0.25, -0.2) is 9.18 Å². The second-order valence-corrected chi connectivity index (χ2v) is 8.98. The highest BCUT2D eigenvalue weighted by atomic mass is 19.1. The van der Waals surface area contributed by atoms with Gasteiger partial charge in [0.1, 0.15) is 11.6 Å². The molecule has 0 spiro atoms. The van der Waals surface area contributed by atoms with Crippen LogP contribution in [-0.4, -0.2) is 31.1 Å². The minimum atomic E-state index is -0.651. The molecule has 152 valence electrons. The maximum absolute atomic E-state index is 13.1. The van der Waals surface area contributed by atoms with E-state index in [1.54, 1.807) is 6.07 Å². The third kappa shape index (κ3) is 4.15. The van der Waals surface area contributed by atoms with E-state index in [4.69, 9.17) is 9.47 Å². The van der Waals surface area contributed by atoms with Crippen molar-refractivity contribution in [1.29, 1.82) is 0 Å². The van der Waals surface area contributed by atoms with Gasteiger partial charge in [-0.3, -0.25) is 4.79 Å². The number of carbonyl (C=O) groups is 2. The van der Waals surface area contributed by atoms with Crippen molar-refractivity contribution in [2.24, 2.45) is 23.2 Å². The van der Waals surface area contributed by atoms with Crippen LogP contribution in [0.2, 0.25) is 0 Å². The molecule has 6 heteroatoms. The van der Waals surface area contributed by atoms with Gasteiger partial charge in [0, 0.05) is 12.1 Å². The summed E-state index contributed by atoms with van der Waals surface area (Å²) in [5, 5.41) is 3.07. The number of benzene rings is 1. The van der Waals surface area contributed by atoms with Crippen molar-refractivity contribution >= 4 is 11.9 Å². The average molecular weight is 389 g/mol. The summed E-state index contributed by atoms with van der Waals surface area (Å²) in [6.45, 7) is 1.42. The van der Waals surface area contributed by atoms with Crippen LogP contribution in [0.3, 0.4) is 0 Å². The predicted octanol–water partition coefficient (Wildman–Crippen LogP) is 3.47. The van der Waals surface area contributed by atoms with Crippen molar-refractivity contribution in [2.45, 2.75) is 51.5 Å². The molecule has 0 saturated heterocycles. The second kappa shape index (κ2) is 7.72. The molecule has 1 aromatic rings. The molecule has 1 aromatic carbocycles. The smallest absolute Gasteiger partial charge is 0.344 e. The fraction of sp³-hybridized carbons (Fsp3) is 0.636. The molecule has 0 unspecified atom stereocenters. The van der Waals surface area contributed by atoms with Crippen LogP contribution in [0.15, 0.2) is 24.3 Å². The van der Waals surface area contributed by atoms with Gasteiger partial charge in [-0.2, -0.15) is 0 Å². The lowest BCUT2D eigenvalue weighted by Gasteiger charge is -2.59. The summed E-state index contributed by atoms with van der Waals surface area (Å²) in [5.74, 6) is 1.35. The number of hydrogen-bond donors (Lipinski definition) is 1. The molecule has 0 radical (unpaired) electrons. The van der Waals surface area contributed by atoms with Crippen LogP contribution >= 0.6 is 0 Å². The molecule has 0 aliphatic heterocycles. The molecule has 4 fully saturated rings. The van der Waals surface area contributed by atoms with E-state index in [2.05, 4.69) is 12.2 Å². The Balaban J connectivity index is 1.22. The van der Waals surface area contributed by atoms with Crippen LogP contribution in [0.5, 0.6) is 5.75 Å². The number of amides is 1. The standard InChI is InChI=1S/C22H28FNO4/c1-14(22-9-15-5-16(10-22)7-17(6-15)11-22)24-20(25)12-28-21(26)13-27-19-4-2-3-18(23)8-19/h2-4,8,14-17H,5-7,9-13H2,1H3,(H,24,25)/t14-,15?,16?,17?,22?/m0/s1. The zero-order chi connectivity index (χ0) is 19.7. The molecule has 4 bridgehead atoms. The van der Waals surface area contributed by atoms with Crippen molar-refractivity contribution < 1.29 is 23.5 Å². The number of esters is 1. The van der Waals surface area contributed by atoms with Gasteiger partial charge in [0.2, 0.25) is 0 Å². The first kappa shape index (κ1) is 19.2. The van der Waals surface area contributed by atoms with Gasteiger partial charge in [-0.05, 0) is 80.8 Å². The lowest BCUT2D eigenvalue weighted by atomic mass is 9.48. The van der Waals surface area contributed by atoms with Gasteiger partial charge >= 0.3 is 5.97 Å². The van der Waals surface area contributed by atoms with Crippen LogP contribution in [0, 0.1) is 29.0 Å². The van der Waals surface area contributed by atoms with E-state index in [9.17, 15) is 14.0 Å². The fourth-order valence-electron chi connectivity index (χ4n) is 6.03.